The van der Waals surface area contributed by atoms with Gasteiger partial charge in [0.15, 0.2) is 0 Å². The van der Waals surface area contributed by atoms with Gasteiger partial charge in [0.1, 0.15) is 23.3 Å². The molecule has 5 rings (SSSR count). The molecule has 12 heteroatoms. The number of likely N-dealkylation sites (N-methyl/N-ethyl adjacent to an activating group) is 1. The molecule has 0 aliphatic carbocycles. The number of amides is 1. The van der Waals surface area contributed by atoms with Crippen molar-refractivity contribution < 1.29 is 18.3 Å². The highest BCUT2D eigenvalue weighted by molar-refractivity contribution is 6.12. The maximum Gasteiger partial charge on any atom is 0.281 e. The average molecular weight is 565 g/mol. The fourth-order valence-electron chi connectivity index (χ4n) is 4.93. The zero-order valence-electron chi connectivity index (χ0n) is 22.9. The van der Waals surface area contributed by atoms with Gasteiger partial charge in [0, 0.05) is 68.6 Å². The first kappa shape index (κ1) is 28.2. The Hall–Kier alpha value is -4.29. The van der Waals surface area contributed by atoms with Gasteiger partial charge in [0.05, 0.1) is 23.0 Å². The van der Waals surface area contributed by atoms with Crippen molar-refractivity contribution in [3.05, 3.63) is 71.4 Å². The molecule has 0 atom stereocenters. The number of rotatable bonds is 7. The number of aromatic nitrogens is 1. The zero-order chi connectivity index (χ0) is 28.9. The van der Waals surface area contributed by atoms with Crippen LogP contribution in [-0.2, 0) is 4.74 Å². The molecule has 0 saturated carbocycles. The molecule has 1 amide bonds. The van der Waals surface area contributed by atoms with E-state index >= 15 is 0 Å². The number of amidine groups is 1. The number of nitrogens with one attached hydrogen (secondary N) is 2. The number of benzene rings is 2. The lowest BCUT2D eigenvalue weighted by molar-refractivity contribution is 0.0904. The van der Waals surface area contributed by atoms with Gasteiger partial charge in [-0.15, -0.1) is 0 Å². The number of ether oxygens (including phenoxy) is 1. The molecular formula is C29H34F2N8O2. The summed E-state index contributed by atoms with van der Waals surface area (Å²) in [6, 6.07) is 10.4. The molecule has 3 aromatic rings. The Morgan fingerprint density at radius 3 is 2.41 bits per heavy atom. The highest BCUT2D eigenvalue weighted by Gasteiger charge is 2.21. The number of nitrogen functional groups attached to an aromatic ring is 1. The van der Waals surface area contributed by atoms with Crippen molar-refractivity contribution in [3.8, 4) is 0 Å². The second-order valence-corrected chi connectivity index (χ2v) is 10.3. The molecule has 2 saturated heterocycles. The quantitative estimate of drug-likeness (QED) is 0.251. The summed E-state index contributed by atoms with van der Waals surface area (Å²) >= 11 is 0. The molecule has 2 aliphatic heterocycles. The van der Waals surface area contributed by atoms with Crippen LogP contribution in [0.15, 0.2) is 53.7 Å². The number of halogens is 2. The van der Waals surface area contributed by atoms with Crippen LogP contribution in [0.1, 0.15) is 28.8 Å². The van der Waals surface area contributed by atoms with Crippen molar-refractivity contribution in [1.82, 2.24) is 9.88 Å². The third kappa shape index (κ3) is 7.08. The third-order valence-corrected chi connectivity index (χ3v) is 7.25. The summed E-state index contributed by atoms with van der Waals surface area (Å²) in [4.78, 5) is 26.3. The number of carbonyl (C=O) groups excluding carboxylic acids is 1. The van der Waals surface area contributed by atoms with E-state index in [-0.39, 0.29) is 28.9 Å². The molecule has 2 aromatic carbocycles. The van der Waals surface area contributed by atoms with E-state index in [9.17, 15) is 13.6 Å². The minimum atomic E-state index is -0.730. The van der Waals surface area contributed by atoms with Gasteiger partial charge in [-0.2, -0.15) is 4.99 Å². The Labute approximate surface area is 237 Å². The monoisotopic (exact) mass is 564 g/mol. The molecule has 3 heterocycles. The zero-order valence-corrected chi connectivity index (χ0v) is 22.9. The molecule has 10 nitrogen and oxygen atoms in total. The number of nitrogens with zero attached hydrogens (tertiary/aromatic N) is 4. The Kier molecular flexibility index (Phi) is 8.60. The smallest absolute Gasteiger partial charge is 0.281 e. The minimum Gasteiger partial charge on any atom is -0.383 e. The largest absolute Gasteiger partial charge is 0.383 e. The van der Waals surface area contributed by atoms with Gasteiger partial charge in [-0.3, -0.25) is 4.79 Å². The molecule has 216 valence electrons. The number of anilines is 5. The Bertz CT molecular complexity index is 1420. The average Bonchev–Trinajstić information content (AvgIpc) is 2.94. The Morgan fingerprint density at radius 2 is 1.71 bits per heavy atom. The topological polar surface area (TPSA) is 134 Å². The molecule has 41 heavy (non-hydrogen) atoms. The molecular weight excluding hydrogens is 530 g/mol. The molecule has 0 radical (unpaired) electrons. The highest BCUT2D eigenvalue weighted by atomic mass is 19.1. The Balaban J connectivity index is 1.41. The molecule has 0 bridgehead atoms. The molecule has 2 fully saturated rings. The van der Waals surface area contributed by atoms with Crippen LogP contribution < -0.4 is 27.0 Å². The van der Waals surface area contributed by atoms with E-state index in [0.717, 1.165) is 62.9 Å². The Morgan fingerprint density at radius 1 is 1.00 bits per heavy atom. The molecule has 0 spiro atoms. The fourth-order valence-corrected chi connectivity index (χ4v) is 4.93. The van der Waals surface area contributed by atoms with Crippen molar-refractivity contribution in [2.24, 2.45) is 10.7 Å². The normalized spacial score (nSPS) is 17.0. The van der Waals surface area contributed by atoms with Crippen LogP contribution in [0.5, 0.6) is 0 Å². The summed E-state index contributed by atoms with van der Waals surface area (Å²) in [5, 5.41) is 6.40. The summed E-state index contributed by atoms with van der Waals surface area (Å²) in [5.74, 6) is -2.07. The van der Waals surface area contributed by atoms with Crippen LogP contribution in [0.3, 0.4) is 0 Å². The van der Waals surface area contributed by atoms with Crippen molar-refractivity contribution >= 4 is 40.3 Å². The van der Waals surface area contributed by atoms with Gasteiger partial charge in [0.25, 0.3) is 5.91 Å². The summed E-state index contributed by atoms with van der Waals surface area (Å²) < 4.78 is 32.7. The number of hydrogen-bond donors (Lipinski definition) is 4. The van der Waals surface area contributed by atoms with Crippen LogP contribution in [0.25, 0.3) is 0 Å². The van der Waals surface area contributed by atoms with Gasteiger partial charge >= 0.3 is 0 Å². The second kappa shape index (κ2) is 12.5. The van der Waals surface area contributed by atoms with Crippen LogP contribution in [0.4, 0.5) is 37.3 Å². The molecule has 6 N–H and O–H groups in total. The van der Waals surface area contributed by atoms with Crippen molar-refractivity contribution in [2.45, 2.75) is 18.9 Å². The van der Waals surface area contributed by atoms with Crippen LogP contribution in [-0.4, -0.2) is 74.1 Å². The number of piperazine rings is 1. The van der Waals surface area contributed by atoms with E-state index < -0.39 is 17.5 Å². The van der Waals surface area contributed by atoms with E-state index in [1.165, 1.54) is 12.3 Å². The van der Waals surface area contributed by atoms with Crippen LogP contribution >= 0.6 is 0 Å². The van der Waals surface area contributed by atoms with Crippen LogP contribution in [0, 0.1) is 11.6 Å². The molecule has 1 aromatic heterocycles. The maximum absolute atomic E-state index is 13.6. The van der Waals surface area contributed by atoms with Gasteiger partial charge in [-0.05, 0) is 56.3 Å². The number of nitrogens with two attached hydrogens (primary N) is 2. The summed E-state index contributed by atoms with van der Waals surface area (Å²) in [5.41, 5.74) is 15.2. The third-order valence-electron chi connectivity index (χ3n) is 7.25. The number of pyridine rings is 1. The molecule has 0 unspecified atom stereocenters. The first-order chi connectivity index (χ1) is 19.7. The summed E-state index contributed by atoms with van der Waals surface area (Å²) in [6.07, 6.45) is 3.05. The fraction of sp³-hybridized carbons (Fsp3) is 0.345. The van der Waals surface area contributed by atoms with Crippen molar-refractivity contribution in [2.75, 3.05) is 67.7 Å². The van der Waals surface area contributed by atoms with Gasteiger partial charge in [-0.1, -0.05) is 0 Å². The highest BCUT2D eigenvalue weighted by Crippen LogP contribution is 2.28. The predicted octanol–water partition coefficient (Wildman–Crippen LogP) is 3.57. The van der Waals surface area contributed by atoms with E-state index in [1.54, 1.807) is 6.07 Å². The van der Waals surface area contributed by atoms with E-state index in [0.29, 0.717) is 30.2 Å². The SMILES string of the molecule is CN1CCN(c2ccc(C(=O)N=C(N)c3cc(Nc4cc(F)cc(F)c4)cnc3N)c(NC3CCOCC3)c2)CC1. The van der Waals surface area contributed by atoms with E-state index in [1.807, 2.05) is 12.1 Å². The molecule has 2 aliphatic rings. The lowest BCUT2D eigenvalue weighted by atomic mass is 10.1. The summed E-state index contributed by atoms with van der Waals surface area (Å²) in [7, 11) is 2.11. The summed E-state index contributed by atoms with van der Waals surface area (Å²) in [6.45, 7) is 5.02. The van der Waals surface area contributed by atoms with E-state index in [4.69, 9.17) is 16.2 Å². The standard InChI is InChI=1S/C29H34F2N8O2/c1-38-6-8-39(9-7-38)23-2-3-24(26(16-23)36-20-4-10-41-11-5-20)29(40)37-28(33)25-15-22(17-34-27(25)32)35-21-13-18(30)12-19(31)14-21/h2-3,12-17,20,35-36H,4-11H2,1H3,(H2,32,34)(H2,33,37,40). The number of aliphatic imine (C=N–C) groups is 1. The van der Waals surface area contributed by atoms with Crippen molar-refractivity contribution in [3.63, 3.8) is 0 Å². The van der Waals surface area contributed by atoms with E-state index in [2.05, 4.69) is 37.5 Å². The van der Waals surface area contributed by atoms with Crippen LogP contribution in [0.2, 0.25) is 0 Å². The lowest BCUT2D eigenvalue weighted by Gasteiger charge is -2.34. The lowest BCUT2D eigenvalue weighted by Crippen LogP contribution is -2.44. The minimum absolute atomic E-state index is 0.0565. The van der Waals surface area contributed by atoms with Gasteiger partial charge in [0.2, 0.25) is 0 Å². The second-order valence-electron chi connectivity index (χ2n) is 10.3. The number of hydrogen-bond acceptors (Lipinski definition) is 8. The first-order valence-electron chi connectivity index (χ1n) is 13.5. The van der Waals surface area contributed by atoms with Gasteiger partial charge < -0.3 is 36.6 Å². The number of carbonyl (C=O) groups is 1. The van der Waals surface area contributed by atoms with Gasteiger partial charge in [-0.25, -0.2) is 13.8 Å². The predicted molar refractivity (Wildman–Crippen MR) is 157 cm³/mol. The first-order valence-corrected chi connectivity index (χ1v) is 13.5. The maximum atomic E-state index is 13.6. The van der Waals surface area contributed by atoms with Crippen molar-refractivity contribution in [1.29, 1.82) is 0 Å².